The summed E-state index contributed by atoms with van der Waals surface area (Å²) >= 11 is 0. The standard InChI is InChI=1S/C18H22N2/c1-15-7-6-10-17(13-15)20-12-11-19(2)14-18(20)16-8-4-3-5-9-16/h3-10,13,18H,11-12,14H2,1-2H3. The van der Waals surface area contributed by atoms with Gasteiger partial charge in [-0.1, -0.05) is 42.5 Å². The zero-order valence-electron chi connectivity index (χ0n) is 12.3. The van der Waals surface area contributed by atoms with E-state index in [4.69, 9.17) is 0 Å². The van der Waals surface area contributed by atoms with Crippen LogP contribution < -0.4 is 4.90 Å². The molecule has 104 valence electrons. The summed E-state index contributed by atoms with van der Waals surface area (Å²) in [6.07, 6.45) is 0. The molecule has 1 fully saturated rings. The van der Waals surface area contributed by atoms with Gasteiger partial charge in [-0.25, -0.2) is 0 Å². The fourth-order valence-electron chi connectivity index (χ4n) is 3.00. The van der Waals surface area contributed by atoms with Crippen LogP contribution in [0.25, 0.3) is 0 Å². The van der Waals surface area contributed by atoms with Gasteiger partial charge >= 0.3 is 0 Å². The minimum absolute atomic E-state index is 0.441. The van der Waals surface area contributed by atoms with Crippen molar-refractivity contribution in [3.05, 3.63) is 65.7 Å². The summed E-state index contributed by atoms with van der Waals surface area (Å²) in [4.78, 5) is 4.96. The first kappa shape index (κ1) is 13.2. The van der Waals surface area contributed by atoms with E-state index >= 15 is 0 Å². The number of likely N-dealkylation sites (N-methyl/N-ethyl adjacent to an activating group) is 1. The van der Waals surface area contributed by atoms with Crippen LogP contribution in [-0.2, 0) is 0 Å². The molecule has 3 rings (SSSR count). The number of hydrogen-bond acceptors (Lipinski definition) is 2. The molecule has 2 nitrogen and oxygen atoms in total. The molecule has 2 heteroatoms. The lowest BCUT2D eigenvalue weighted by Crippen LogP contribution is -2.46. The van der Waals surface area contributed by atoms with Gasteiger partial charge in [0.15, 0.2) is 0 Å². The molecule has 0 spiro atoms. The molecule has 0 radical (unpaired) electrons. The predicted molar refractivity (Wildman–Crippen MR) is 85.2 cm³/mol. The van der Waals surface area contributed by atoms with Crippen LogP contribution in [-0.4, -0.2) is 31.6 Å². The second kappa shape index (κ2) is 5.68. The third kappa shape index (κ3) is 2.70. The maximum Gasteiger partial charge on any atom is 0.0669 e. The van der Waals surface area contributed by atoms with Crippen molar-refractivity contribution >= 4 is 5.69 Å². The second-order valence-electron chi connectivity index (χ2n) is 5.72. The highest BCUT2D eigenvalue weighted by atomic mass is 15.3. The first-order chi connectivity index (χ1) is 9.74. The molecule has 2 aromatic carbocycles. The monoisotopic (exact) mass is 266 g/mol. The Balaban J connectivity index is 1.95. The summed E-state index contributed by atoms with van der Waals surface area (Å²) in [5, 5.41) is 0. The largest absolute Gasteiger partial charge is 0.362 e. The number of piperazine rings is 1. The summed E-state index contributed by atoms with van der Waals surface area (Å²) in [5.74, 6) is 0. The van der Waals surface area contributed by atoms with Crippen molar-refractivity contribution in [3.8, 4) is 0 Å². The van der Waals surface area contributed by atoms with Gasteiger partial charge in [0.1, 0.15) is 0 Å². The number of nitrogens with zero attached hydrogens (tertiary/aromatic N) is 2. The molecule has 0 N–H and O–H groups in total. The van der Waals surface area contributed by atoms with Crippen LogP contribution in [0.15, 0.2) is 54.6 Å². The molecule has 1 unspecified atom stereocenters. The van der Waals surface area contributed by atoms with Crippen LogP contribution in [0.5, 0.6) is 0 Å². The van der Waals surface area contributed by atoms with E-state index in [1.54, 1.807) is 0 Å². The van der Waals surface area contributed by atoms with E-state index in [-0.39, 0.29) is 0 Å². The Kier molecular flexibility index (Phi) is 3.75. The smallest absolute Gasteiger partial charge is 0.0669 e. The van der Waals surface area contributed by atoms with Gasteiger partial charge in [0.05, 0.1) is 6.04 Å². The summed E-state index contributed by atoms with van der Waals surface area (Å²) in [5.41, 5.74) is 4.07. The van der Waals surface area contributed by atoms with Gasteiger partial charge in [0.25, 0.3) is 0 Å². The SMILES string of the molecule is Cc1cccc(N2CCN(C)CC2c2ccccc2)c1. The molecule has 1 aliphatic heterocycles. The zero-order chi connectivity index (χ0) is 13.9. The normalized spacial score (nSPS) is 20.1. The van der Waals surface area contributed by atoms with Gasteiger partial charge in [-0.05, 0) is 37.2 Å². The molecular weight excluding hydrogens is 244 g/mol. The molecule has 1 heterocycles. The number of rotatable bonds is 2. The van der Waals surface area contributed by atoms with Gasteiger partial charge < -0.3 is 9.80 Å². The predicted octanol–water partition coefficient (Wildman–Crippen LogP) is 3.49. The first-order valence-corrected chi connectivity index (χ1v) is 7.31. The minimum atomic E-state index is 0.441. The summed E-state index contributed by atoms with van der Waals surface area (Å²) in [7, 11) is 2.21. The topological polar surface area (TPSA) is 6.48 Å². The van der Waals surface area contributed by atoms with Crippen LogP contribution in [0, 0.1) is 6.92 Å². The van der Waals surface area contributed by atoms with Crippen molar-refractivity contribution in [1.82, 2.24) is 4.90 Å². The lowest BCUT2D eigenvalue weighted by Gasteiger charge is -2.42. The lowest BCUT2D eigenvalue weighted by molar-refractivity contribution is 0.269. The van der Waals surface area contributed by atoms with Crippen LogP contribution in [0.4, 0.5) is 5.69 Å². The summed E-state index contributed by atoms with van der Waals surface area (Å²) in [6.45, 7) is 5.45. The highest BCUT2D eigenvalue weighted by molar-refractivity contribution is 5.51. The van der Waals surface area contributed by atoms with Crippen molar-refractivity contribution in [3.63, 3.8) is 0 Å². The lowest BCUT2D eigenvalue weighted by atomic mass is 10.0. The molecule has 1 saturated heterocycles. The third-order valence-electron chi connectivity index (χ3n) is 4.10. The average Bonchev–Trinajstić information content (AvgIpc) is 2.48. The highest BCUT2D eigenvalue weighted by Gasteiger charge is 2.26. The van der Waals surface area contributed by atoms with Crippen LogP contribution in [0.1, 0.15) is 17.2 Å². The number of anilines is 1. The number of aryl methyl sites for hydroxylation is 1. The Morgan fingerprint density at radius 3 is 2.50 bits per heavy atom. The first-order valence-electron chi connectivity index (χ1n) is 7.31. The van der Waals surface area contributed by atoms with Gasteiger partial charge in [0, 0.05) is 25.3 Å². The van der Waals surface area contributed by atoms with E-state index in [1.807, 2.05) is 0 Å². The summed E-state index contributed by atoms with van der Waals surface area (Å²) in [6, 6.07) is 20.1. The molecular formula is C18H22N2. The molecule has 0 aliphatic carbocycles. The van der Waals surface area contributed by atoms with Crippen molar-refractivity contribution < 1.29 is 0 Å². The number of hydrogen-bond donors (Lipinski definition) is 0. The summed E-state index contributed by atoms with van der Waals surface area (Å²) < 4.78 is 0. The Morgan fingerprint density at radius 1 is 0.950 bits per heavy atom. The fourth-order valence-corrected chi connectivity index (χ4v) is 3.00. The molecule has 20 heavy (non-hydrogen) atoms. The number of benzene rings is 2. The van der Waals surface area contributed by atoms with Gasteiger partial charge in [0.2, 0.25) is 0 Å². The quantitative estimate of drug-likeness (QED) is 0.821. The van der Waals surface area contributed by atoms with Crippen molar-refractivity contribution in [1.29, 1.82) is 0 Å². The highest BCUT2D eigenvalue weighted by Crippen LogP contribution is 2.30. The van der Waals surface area contributed by atoms with E-state index in [0.29, 0.717) is 6.04 Å². The average molecular weight is 266 g/mol. The minimum Gasteiger partial charge on any atom is -0.362 e. The van der Waals surface area contributed by atoms with Crippen LogP contribution >= 0.6 is 0 Å². The van der Waals surface area contributed by atoms with Crippen LogP contribution in [0.3, 0.4) is 0 Å². The maximum atomic E-state index is 2.54. The molecule has 2 aromatic rings. The van der Waals surface area contributed by atoms with Gasteiger partial charge in [-0.3, -0.25) is 0 Å². The van der Waals surface area contributed by atoms with E-state index in [2.05, 4.69) is 78.4 Å². The molecule has 0 bridgehead atoms. The molecule has 0 amide bonds. The molecule has 1 atom stereocenters. The Labute approximate surface area is 121 Å². The van der Waals surface area contributed by atoms with Crippen molar-refractivity contribution in [2.24, 2.45) is 0 Å². The molecule has 0 saturated carbocycles. The van der Waals surface area contributed by atoms with Crippen molar-refractivity contribution in [2.45, 2.75) is 13.0 Å². The second-order valence-corrected chi connectivity index (χ2v) is 5.72. The van der Waals surface area contributed by atoms with Gasteiger partial charge in [-0.2, -0.15) is 0 Å². The van der Waals surface area contributed by atoms with Crippen LogP contribution in [0.2, 0.25) is 0 Å². The Hall–Kier alpha value is -1.80. The Bertz CT molecular complexity index is 565. The maximum absolute atomic E-state index is 2.54. The van der Waals surface area contributed by atoms with Gasteiger partial charge in [-0.15, -0.1) is 0 Å². The van der Waals surface area contributed by atoms with E-state index in [9.17, 15) is 0 Å². The van der Waals surface area contributed by atoms with E-state index in [1.165, 1.54) is 16.8 Å². The zero-order valence-corrected chi connectivity index (χ0v) is 12.3. The van der Waals surface area contributed by atoms with E-state index in [0.717, 1.165) is 19.6 Å². The molecule has 1 aliphatic rings. The third-order valence-corrected chi connectivity index (χ3v) is 4.10. The molecule has 0 aromatic heterocycles. The fraction of sp³-hybridized carbons (Fsp3) is 0.333. The van der Waals surface area contributed by atoms with E-state index < -0.39 is 0 Å². The Morgan fingerprint density at radius 2 is 1.75 bits per heavy atom. The van der Waals surface area contributed by atoms with Crippen molar-refractivity contribution in [2.75, 3.05) is 31.6 Å².